The predicted molar refractivity (Wildman–Crippen MR) is 61.7 cm³/mol. The number of rotatable bonds is 6. The normalized spacial score (nSPS) is 12.2. The minimum Gasteiger partial charge on any atom is -0.316 e. The van der Waals surface area contributed by atoms with Crippen LogP contribution >= 0.6 is 23.2 Å². The number of benzene rings is 1. The van der Waals surface area contributed by atoms with Crippen LogP contribution in [-0.2, 0) is 11.2 Å². The van der Waals surface area contributed by atoms with Crippen molar-refractivity contribution in [2.24, 2.45) is 0 Å². The van der Waals surface area contributed by atoms with Gasteiger partial charge in [0, 0.05) is 10.0 Å². The summed E-state index contributed by atoms with van der Waals surface area (Å²) in [5.74, 6) is 0. The number of ether oxygens (including phenoxy) is 1. The molecule has 7 heteroatoms. The average Bonchev–Trinajstić information content (AvgIpc) is 2.26. The molecule has 0 aliphatic carbocycles. The van der Waals surface area contributed by atoms with Gasteiger partial charge in [0.15, 0.2) is 0 Å². The van der Waals surface area contributed by atoms with Crippen LogP contribution in [0.1, 0.15) is 12.0 Å². The van der Waals surface area contributed by atoms with Gasteiger partial charge in [0.25, 0.3) is 0 Å². The van der Waals surface area contributed by atoms with Gasteiger partial charge in [0.1, 0.15) is 0 Å². The molecule has 0 spiro atoms. The van der Waals surface area contributed by atoms with Gasteiger partial charge in [-0.15, -0.1) is 0 Å². The van der Waals surface area contributed by atoms with Crippen LogP contribution in [0.25, 0.3) is 0 Å². The molecule has 0 N–H and O–H groups in total. The first kappa shape index (κ1) is 15.5. The highest BCUT2D eigenvalue weighted by molar-refractivity contribution is 6.35. The molecule has 0 atom stereocenters. The fourth-order valence-electron chi connectivity index (χ4n) is 1.26. The molecule has 0 bridgehead atoms. The topological polar surface area (TPSA) is 9.23 Å². The van der Waals surface area contributed by atoms with Gasteiger partial charge in [0.05, 0.1) is 6.61 Å². The average molecular weight is 305 g/mol. The first-order chi connectivity index (χ1) is 8.33. The molecule has 0 radical (unpaired) electrons. The molecule has 1 nitrogen and oxygen atoms in total. The summed E-state index contributed by atoms with van der Waals surface area (Å²) in [4.78, 5) is 0. The van der Waals surface area contributed by atoms with Crippen LogP contribution in [0.15, 0.2) is 18.2 Å². The van der Waals surface area contributed by atoms with Gasteiger partial charge in [-0.3, -0.25) is 0 Å². The van der Waals surface area contributed by atoms with Crippen LogP contribution in [0.4, 0.5) is 17.6 Å². The van der Waals surface area contributed by atoms with E-state index in [0.717, 1.165) is 0 Å². The Morgan fingerprint density at radius 2 is 1.89 bits per heavy atom. The van der Waals surface area contributed by atoms with Gasteiger partial charge in [-0.05, 0) is 30.5 Å². The van der Waals surface area contributed by atoms with E-state index in [1.807, 2.05) is 0 Å². The fourth-order valence-corrected chi connectivity index (χ4v) is 1.76. The SMILES string of the molecule is FC(F)C(F)(F)OCCCc1ccc(Cl)cc1Cl. The Morgan fingerprint density at radius 1 is 1.22 bits per heavy atom. The zero-order chi connectivity index (χ0) is 13.8. The Kier molecular flexibility index (Phi) is 5.69. The van der Waals surface area contributed by atoms with Crippen LogP contribution in [-0.4, -0.2) is 19.1 Å². The lowest BCUT2D eigenvalue weighted by Crippen LogP contribution is -2.30. The van der Waals surface area contributed by atoms with E-state index >= 15 is 0 Å². The van der Waals surface area contributed by atoms with Crippen LogP contribution in [0.3, 0.4) is 0 Å². The van der Waals surface area contributed by atoms with E-state index in [1.165, 1.54) is 6.07 Å². The third kappa shape index (κ3) is 4.63. The van der Waals surface area contributed by atoms with Crippen molar-refractivity contribution in [2.45, 2.75) is 25.4 Å². The van der Waals surface area contributed by atoms with Gasteiger partial charge < -0.3 is 4.74 Å². The second-order valence-corrected chi connectivity index (χ2v) is 4.39. The highest BCUT2D eigenvalue weighted by atomic mass is 35.5. The van der Waals surface area contributed by atoms with Crippen LogP contribution in [0.2, 0.25) is 10.0 Å². The monoisotopic (exact) mass is 304 g/mol. The van der Waals surface area contributed by atoms with Gasteiger partial charge in [-0.1, -0.05) is 29.3 Å². The van der Waals surface area contributed by atoms with E-state index in [1.54, 1.807) is 12.1 Å². The zero-order valence-electron chi connectivity index (χ0n) is 9.11. The van der Waals surface area contributed by atoms with Crippen LogP contribution < -0.4 is 0 Å². The summed E-state index contributed by atoms with van der Waals surface area (Å²) in [6.45, 7) is -0.476. The van der Waals surface area contributed by atoms with Gasteiger partial charge in [-0.2, -0.15) is 8.78 Å². The lowest BCUT2D eigenvalue weighted by atomic mass is 10.1. The molecule has 0 saturated carbocycles. The maximum Gasteiger partial charge on any atom is 0.416 e. The predicted octanol–water partition coefficient (Wildman–Crippen LogP) is 4.80. The quantitative estimate of drug-likeness (QED) is 0.542. The maximum absolute atomic E-state index is 12.4. The van der Waals surface area contributed by atoms with Crippen molar-refractivity contribution in [2.75, 3.05) is 6.61 Å². The van der Waals surface area contributed by atoms with Crippen molar-refractivity contribution in [3.05, 3.63) is 33.8 Å². The van der Waals surface area contributed by atoms with Gasteiger partial charge in [-0.25, -0.2) is 8.78 Å². The molecule has 0 aliphatic rings. The summed E-state index contributed by atoms with van der Waals surface area (Å²) in [6.07, 6.45) is -7.72. The fraction of sp³-hybridized carbons (Fsp3) is 0.455. The second-order valence-electron chi connectivity index (χ2n) is 3.55. The van der Waals surface area contributed by atoms with E-state index in [0.29, 0.717) is 22.0 Å². The molecule has 0 amide bonds. The first-order valence-corrected chi connectivity index (χ1v) is 5.82. The van der Waals surface area contributed by atoms with E-state index in [-0.39, 0.29) is 6.42 Å². The molecule has 102 valence electrons. The lowest BCUT2D eigenvalue weighted by molar-refractivity contribution is -0.300. The molecular weight excluding hydrogens is 295 g/mol. The smallest absolute Gasteiger partial charge is 0.316 e. The van der Waals surface area contributed by atoms with Crippen molar-refractivity contribution >= 4 is 23.2 Å². The lowest BCUT2D eigenvalue weighted by Gasteiger charge is -2.15. The standard InChI is InChI=1S/C11H10Cl2F4O/c12-8-4-3-7(9(13)6-8)2-1-5-18-11(16,17)10(14)15/h3-4,6,10H,1-2,5H2. The molecule has 1 rings (SSSR count). The summed E-state index contributed by atoms with van der Waals surface area (Å²) in [5, 5.41) is 0.868. The maximum atomic E-state index is 12.4. The molecule has 18 heavy (non-hydrogen) atoms. The summed E-state index contributed by atoms with van der Waals surface area (Å²) < 4.78 is 52.1. The summed E-state index contributed by atoms with van der Waals surface area (Å²) in [7, 11) is 0. The number of hydrogen-bond donors (Lipinski definition) is 0. The Labute approximate surface area is 112 Å². The van der Waals surface area contributed by atoms with E-state index < -0.39 is 19.1 Å². The third-order valence-corrected chi connectivity index (χ3v) is 2.74. The van der Waals surface area contributed by atoms with Crippen molar-refractivity contribution in [1.82, 2.24) is 0 Å². The summed E-state index contributed by atoms with van der Waals surface area (Å²) >= 11 is 11.5. The molecule has 0 unspecified atom stereocenters. The largest absolute Gasteiger partial charge is 0.416 e. The molecule has 0 aliphatic heterocycles. The Balaban J connectivity index is 2.38. The van der Waals surface area contributed by atoms with E-state index in [4.69, 9.17) is 23.2 Å². The molecular formula is C11H10Cl2F4O. The van der Waals surface area contributed by atoms with E-state index in [9.17, 15) is 17.6 Å². The van der Waals surface area contributed by atoms with Crippen LogP contribution in [0, 0.1) is 0 Å². The number of hydrogen-bond acceptors (Lipinski definition) is 1. The number of aryl methyl sites for hydroxylation is 1. The van der Waals surface area contributed by atoms with Crippen molar-refractivity contribution < 1.29 is 22.3 Å². The number of alkyl halides is 4. The number of halogens is 6. The second kappa shape index (κ2) is 6.59. The highest BCUT2D eigenvalue weighted by Gasteiger charge is 2.41. The summed E-state index contributed by atoms with van der Waals surface area (Å²) in [5.41, 5.74) is 0.699. The Morgan fingerprint density at radius 3 is 2.44 bits per heavy atom. The van der Waals surface area contributed by atoms with Crippen molar-refractivity contribution in [3.63, 3.8) is 0 Å². The van der Waals surface area contributed by atoms with E-state index in [2.05, 4.69) is 4.74 Å². The minimum atomic E-state index is -4.40. The zero-order valence-corrected chi connectivity index (χ0v) is 10.6. The summed E-state index contributed by atoms with van der Waals surface area (Å²) in [6, 6.07) is 4.78. The van der Waals surface area contributed by atoms with Gasteiger partial charge >= 0.3 is 12.5 Å². The molecule has 0 fully saturated rings. The third-order valence-electron chi connectivity index (χ3n) is 2.15. The van der Waals surface area contributed by atoms with Gasteiger partial charge in [0.2, 0.25) is 0 Å². The molecule has 0 saturated heterocycles. The van der Waals surface area contributed by atoms with Crippen molar-refractivity contribution in [3.8, 4) is 0 Å². The molecule has 0 heterocycles. The first-order valence-electron chi connectivity index (χ1n) is 5.07. The molecule has 1 aromatic rings. The van der Waals surface area contributed by atoms with Crippen LogP contribution in [0.5, 0.6) is 0 Å². The molecule has 0 aromatic heterocycles. The Bertz CT molecular complexity index is 399. The highest BCUT2D eigenvalue weighted by Crippen LogP contribution is 2.25. The van der Waals surface area contributed by atoms with Crippen molar-refractivity contribution in [1.29, 1.82) is 0 Å². The molecule has 1 aromatic carbocycles. The Hall–Kier alpha value is -0.520. The minimum absolute atomic E-state index is 0.156.